The van der Waals surface area contributed by atoms with E-state index in [2.05, 4.69) is 56.3 Å². The number of aromatic nitrogens is 2. The Morgan fingerprint density at radius 1 is 1.40 bits per heavy atom. The predicted molar refractivity (Wildman–Crippen MR) is 68.0 cm³/mol. The highest BCUT2D eigenvalue weighted by molar-refractivity contribution is 9.15. The van der Waals surface area contributed by atoms with Crippen LogP contribution >= 0.6 is 43.6 Å². The van der Waals surface area contributed by atoms with Gasteiger partial charge in [0.05, 0.1) is 37.6 Å². The van der Waals surface area contributed by atoms with Crippen LogP contribution in [0.4, 0.5) is 0 Å². The zero-order chi connectivity index (χ0) is 10.6. The Morgan fingerprint density at radius 2 is 2.20 bits per heavy atom. The summed E-state index contributed by atoms with van der Waals surface area (Å²) in [6.45, 7) is 2.06. The van der Waals surface area contributed by atoms with Crippen molar-refractivity contribution in [1.29, 1.82) is 0 Å². The van der Waals surface area contributed by atoms with Gasteiger partial charge in [0.1, 0.15) is 17.4 Å². The zero-order valence-electron chi connectivity index (χ0n) is 7.44. The maximum absolute atomic E-state index is 4.39. The van der Waals surface area contributed by atoms with E-state index in [0.29, 0.717) is 0 Å². The van der Waals surface area contributed by atoms with Crippen LogP contribution in [-0.2, 0) is 15.7 Å². The zero-order valence-corrected chi connectivity index (χ0v) is 12.2. The molecule has 2 unspecified atom stereocenters. The lowest BCUT2D eigenvalue weighted by Gasteiger charge is -2.29. The number of nitrogens with zero attached hydrogens (tertiary/aromatic N) is 4. The van der Waals surface area contributed by atoms with Crippen molar-refractivity contribution in [2.24, 2.45) is 8.73 Å². The van der Waals surface area contributed by atoms with E-state index in [-0.39, 0.29) is 10.4 Å². The van der Waals surface area contributed by atoms with Gasteiger partial charge < -0.3 is 0 Å². The second kappa shape index (κ2) is 3.28. The summed E-state index contributed by atoms with van der Waals surface area (Å²) in [4.78, 5) is 0. The molecule has 15 heavy (non-hydrogen) atoms. The topological polar surface area (TPSA) is 50.5 Å². The maximum atomic E-state index is 4.39. The van der Waals surface area contributed by atoms with Crippen molar-refractivity contribution in [1.82, 2.24) is 8.75 Å². The van der Waals surface area contributed by atoms with Crippen LogP contribution in [0.3, 0.4) is 0 Å². The Hall–Kier alpha value is 0.0800. The van der Waals surface area contributed by atoms with Crippen molar-refractivity contribution in [3.8, 4) is 0 Å². The Morgan fingerprint density at radius 3 is 3.00 bits per heavy atom. The van der Waals surface area contributed by atoms with E-state index in [1.807, 2.05) is 0 Å². The highest BCUT2D eigenvalue weighted by atomic mass is 79.9. The molecule has 78 valence electrons. The lowest BCUT2D eigenvalue weighted by molar-refractivity contribution is 0.586. The average Bonchev–Trinajstić information content (AvgIpc) is 2.84. The van der Waals surface area contributed by atoms with E-state index in [1.165, 1.54) is 23.1 Å². The van der Waals surface area contributed by atoms with Gasteiger partial charge in [-0.15, -0.1) is 0 Å². The quantitative estimate of drug-likeness (QED) is 0.661. The van der Waals surface area contributed by atoms with Gasteiger partial charge >= 0.3 is 0 Å². The van der Waals surface area contributed by atoms with Gasteiger partial charge in [0, 0.05) is 0 Å². The van der Waals surface area contributed by atoms with E-state index >= 15 is 0 Å². The number of hydrogen-bond acceptors (Lipinski definition) is 5. The minimum atomic E-state index is -0.297. The van der Waals surface area contributed by atoms with Gasteiger partial charge in [-0.2, -0.15) is 13.1 Å². The first-order valence-corrected chi connectivity index (χ1v) is 7.16. The van der Waals surface area contributed by atoms with Gasteiger partial charge in [-0.1, -0.05) is 15.9 Å². The molecule has 0 saturated carbocycles. The van der Waals surface area contributed by atoms with Gasteiger partial charge in [-0.25, -0.2) is 4.36 Å². The molecule has 0 radical (unpaired) electrons. The monoisotopic (exact) mass is 366 g/mol. The first-order chi connectivity index (χ1) is 7.12. The van der Waals surface area contributed by atoms with Crippen LogP contribution in [0.1, 0.15) is 18.3 Å². The summed E-state index contributed by atoms with van der Waals surface area (Å²) in [6, 6.07) is 0.00766. The minimum absolute atomic E-state index is 0.00766. The maximum Gasteiger partial charge on any atom is 0.129 e. The van der Waals surface area contributed by atoms with Crippen molar-refractivity contribution in [3.05, 3.63) is 17.1 Å². The van der Waals surface area contributed by atoms with Crippen molar-refractivity contribution in [2.75, 3.05) is 0 Å². The van der Waals surface area contributed by atoms with Gasteiger partial charge in [0.25, 0.3) is 0 Å². The van der Waals surface area contributed by atoms with Crippen molar-refractivity contribution >= 4 is 59.4 Å². The van der Waals surface area contributed by atoms with Crippen LogP contribution in [0.2, 0.25) is 0 Å². The van der Waals surface area contributed by atoms with Gasteiger partial charge in [-0.05, 0) is 22.9 Å². The van der Waals surface area contributed by atoms with E-state index in [4.69, 9.17) is 0 Å². The smallest absolute Gasteiger partial charge is 0.129 e. The number of hydrogen-bond donors (Lipinski definition) is 0. The van der Waals surface area contributed by atoms with E-state index < -0.39 is 0 Å². The van der Waals surface area contributed by atoms with E-state index in [1.54, 1.807) is 0 Å². The summed E-state index contributed by atoms with van der Waals surface area (Å²) < 4.78 is 17.9. The van der Waals surface area contributed by atoms with Crippen LogP contribution < -0.4 is 0 Å². The molecule has 0 fully saturated rings. The average molecular weight is 368 g/mol. The van der Waals surface area contributed by atoms with Crippen LogP contribution in [0, 0.1) is 0 Å². The third-order valence-electron chi connectivity index (χ3n) is 2.45. The third-order valence-corrected chi connectivity index (χ3v) is 5.15. The number of rotatable bonds is 0. The highest BCUT2D eigenvalue weighted by Crippen LogP contribution is 2.50. The molecule has 0 aromatic carbocycles. The SMILES string of the molecule is CC1(Br)c2nsnc2C(Br)=C2N=S=NC21. The fourth-order valence-electron chi connectivity index (χ4n) is 1.63. The van der Waals surface area contributed by atoms with Crippen LogP contribution in [0.5, 0.6) is 0 Å². The molecular formula is C7H4Br2N4S2. The van der Waals surface area contributed by atoms with Crippen LogP contribution in [0.15, 0.2) is 14.4 Å². The van der Waals surface area contributed by atoms with Crippen LogP contribution in [-0.4, -0.2) is 14.8 Å². The Labute approximate surface area is 111 Å². The molecule has 2 heterocycles. The summed E-state index contributed by atoms with van der Waals surface area (Å²) in [7, 11) is 0. The minimum Gasteiger partial charge on any atom is -0.201 e. The Bertz CT molecular complexity index is 541. The molecule has 1 aromatic rings. The van der Waals surface area contributed by atoms with Gasteiger partial charge in [0.15, 0.2) is 0 Å². The van der Waals surface area contributed by atoms with Crippen molar-refractivity contribution in [3.63, 3.8) is 0 Å². The molecule has 0 spiro atoms. The molecule has 2 aliphatic rings. The Kier molecular flexibility index (Phi) is 2.24. The fourth-order valence-corrected chi connectivity index (χ4v) is 4.69. The standard InChI is InChI=1S/C7H4Br2N4S2/c1-7(9)5-3(10-14-12-5)2(8)4-6(7)13-15-11-4/h5H,1H3. The molecular weight excluding hydrogens is 364 g/mol. The molecule has 0 N–H and O–H groups in total. The lowest BCUT2D eigenvalue weighted by Crippen LogP contribution is -2.33. The molecule has 3 rings (SSSR count). The van der Waals surface area contributed by atoms with E-state index in [9.17, 15) is 0 Å². The summed E-state index contributed by atoms with van der Waals surface area (Å²) >= 11 is 9.66. The lowest BCUT2D eigenvalue weighted by atomic mass is 9.90. The first kappa shape index (κ1) is 10.2. The second-order valence-electron chi connectivity index (χ2n) is 3.42. The molecule has 1 aromatic heterocycles. The normalized spacial score (nSPS) is 32.6. The highest BCUT2D eigenvalue weighted by Gasteiger charge is 2.47. The van der Waals surface area contributed by atoms with Crippen LogP contribution in [0.25, 0.3) is 4.48 Å². The molecule has 0 bridgehead atoms. The van der Waals surface area contributed by atoms with E-state index in [0.717, 1.165) is 21.6 Å². The summed E-state index contributed by atoms with van der Waals surface area (Å²) in [5, 5.41) is 0. The van der Waals surface area contributed by atoms with Crippen molar-refractivity contribution < 1.29 is 0 Å². The number of alkyl halides is 1. The molecule has 1 aliphatic carbocycles. The molecule has 1 aliphatic heterocycles. The number of fused-ring (bicyclic) bond motifs is 2. The Balaban J connectivity index is 2.33. The largest absolute Gasteiger partial charge is 0.201 e. The molecule has 4 nitrogen and oxygen atoms in total. The third kappa shape index (κ3) is 1.28. The first-order valence-electron chi connectivity index (χ1n) is 4.11. The molecule has 0 amide bonds. The second-order valence-corrected chi connectivity index (χ2v) is 6.94. The summed E-state index contributed by atoms with van der Waals surface area (Å²) in [5.41, 5.74) is 2.77. The van der Waals surface area contributed by atoms with Gasteiger partial charge in [-0.3, -0.25) is 0 Å². The predicted octanol–water partition coefficient (Wildman–Crippen LogP) is 3.06. The molecule has 0 saturated heterocycles. The summed E-state index contributed by atoms with van der Waals surface area (Å²) in [6.07, 6.45) is 0. The molecule has 8 heteroatoms. The summed E-state index contributed by atoms with van der Waals surface area (Å²) in [5.74, 6) is 0. The molecule has 2 atom stereocenters. The van der Waals surface area contributed by atoms with Crippen molar-refractivity contribution in [2.45, 2.75) is 17.3 Å². The number of halogens is 2. The fraction of sp³-hybridized carbons (Fsp3) is 0.429. The van der Waals surface area contributed by atoms with Gasteiger partial charge in [0.2, 0.25) is 0 Å².